The quantitative estimate of drug-likeness (QED) is 0.251. The number of aromatic nitrogens is 1. The molecule has 1 fully saturated rings. The first-order chi connectivity index (χ1) is 20.2. The molecule has 1 aromatic heterocycles. The van der Waals surface area contributed by atoms with Crippen molar-refractivity contribution in [2.75, 3.05) is 13.7 Å². The van der Waals surface area contributed by atoms with Crippen LogP contribution in [-0.2, 0) is 20.9 Å². The number of rotatable bonds is 13. The van der Waals surface area contributed by atoms with E-state index in [1.165, 1.54) is 11.3 Å². The monoisotopic (exact) mass is 592 g/mol. The number of ether oxygens (including phenoxy) is 2. The van der Waals surface area contributed by atoms with E-state index in [4.69, 9.17) is 9.47 Å². The van der Waals surface area contributed by atoms with Crippen LogP contribution in [0, 0.1) is 11.8 Å². The minimum Gasteiger partial charge on any atom is -0.497 e. The third-order valence-electron chi connectivity index (χ3n) is 6.94. The van der Waals surface area contributed by atoms with Gasteiger partial charge in [0.15, 0.2) is 5.01 Å². The predicted molar refractivity (Wildman–Crippen MR) is 159 cm³/mol. The Labute approximate surface area is 249 Å². The Bertz CT molecular complexity index is 1380. The molecule has 10 nitrogen and oxygen atoms in total. The van der Waals surface area contributed by atoms with E-state index in [9.17, 15) is 19.2 Å². The number of carbonyl (C=O) groups excluding carboxylic acids is 4. The van der Waals surface area contributed by atoms with Crippen molar-refractivity contribution >= 4 is 35.0 Å². The molecule has 4 rings (SSSR count). The average Bonchev–Trinajstić information content (AvgIpc) is 3.65. The SMILES string of the molecule is COc1ccc(-c2cnc(C(=O)[C@H](C[C@@H]3CCNC3=O)NC(=O)[C@H](CC(C)C)NC(=O)OCc3ccccc3)s2)cc1. The molecule has 2 heterocycles. The Morgan fingerprint density at radius 2 is 1.79 bits per heavy atom. The molecule has 0 unspecified atom stereocenters. The fourth-order valence-corrected chi connectivity index (χ4v) is 5.61. The van der Waals surface area contributed by atoms with Gasteiger partial charge in [-0.05, 0) is 60.6 Å². The molecule has 3 aromatic rings. The van der Waals surface area contributed by atoms with Crippen LogP contribution in [0.5, 0.6) is 5.75 Å². The molecule has 2 aromatic carbocycles. The molecule has 222 valence electrons. The van der Waals surface area contributed by atoms with Crippen LogP contribution in [0.15, 0.2) is 60.8 Å². The maximum absolute atomic E-state index is 13.7. The van der Waals surface area contributed by atoms with E-state index in [0.717, 1.165) is 16.0 Å². The van der Waals surface area contributed by atoms with Gasteiger partial charge in [-0.1, -0.05) is 44.2 Å². The zero-order valence-electron chi connectivity index (χ0n) is 23.9. The number of carbonyl (C=O) groups is 4. The maximum atomic E-state index is 13.7. The number of nitrogens with one attached hydrogen (secondary N) is 3. The normalized spacial score (nSPS) is 15.9. The van der Waals surface area contributed by atoms with Crippen molar-refractivity contribution in [2.45, 2.75) is 51.8 Å². The fourth-order valence-electron chi connectivity index (χ4n) is 4.69. The lowest BCUT2D eigenvalue weighted by molar-refractivity contribution is -0.125. The van der Waals surface area contributed by atoms with Gasteiger partial charge in [-0.2, -0.15) is 0 Å². The van der Waals surface area contributed by atoms with Crippen molar-refractivity contribution in [3.05, 3.63) is 71.4 Å². The van der Waals surface area contributed by atoms with Gasteiger partial charge >= 0.3 is 6.09 Å². The summed E-state index contributed by atoms with van der Waals surface area (Å²) in [6.07, 6.45) is 1.90. The van der Waals surface area contributed by atoms with Crippen LogP contribution in [0.1, 0.15) is 48.5 Å². The number of thiazole rings is 1. The third kappa shape index (κ3) is 8.39. The summed E-state index contributed by atoms with van der Waals surface area (Å²) in [7, 11) is 1.59. The molecule has 1 saturated heterocycles. The summed E-state index contributed by atoms with van der Waals surface area (Å²) >= 11 is 1.21. The van der Waals surface area contributed by atoms with Gasteiger partial charge in [0.05, 0.1) is 18.0 Å². The van der Waals surface area contributed by atoms with Gasteiger partial charge in [-0.25, -0.2) is 9.78 Å². The van der Waals surface area contributed by atoms with Gasteiger partial charge in [0.2, 0.25) is 17.6 Å². The zero-order valence-corrected chi connectivity index (χ0v) is 24.7. The second kappa shape index (κ2) is 14.6. The van der Waals surface area contributed by atoms with Gasteiger partial charge in [0.25, 0.3) is 0 Å². The number of methoxy groups -OCH3 is 1. The van der Waals surface area contributed by atoms with Gasteiger partial charge < -0.3 is 25.4 Å². The van der Waals surface area contributed by atoms with Crippen LogP contribution in [0.2, 0.25) is 0 Å². The van der Waals surface area contributed by atoms with Crippen molar-refractivity contribution in [2.24, 2.45) is 11.8 Å². The van der Waals surface area contributed by atoms with Crippen molar-refractivity contribution in [3.63, 3.8) is 0 Å². The highest BCUT2D eigenvalue weighted by atomic mass is 32.1. The number of nitrogens with zero attached hydrogens (tertiary/aromatic N) is 1. The van der Waals surface area contributed by atoms with Crippen LogP contribution in [0.3, 0.4) is 0 Å². The van der Waals surface area contributed by atoms with E-state index in [1.54, 1.807) is 13.3 Å². The summed E-state index contributed by atoms with van der Waals surface area (Å²) in [5.41, 5.74) is 1.69. The number of Topliss-reactive ketones (excluding diaryl/α,β-unsaturated/α-hetero) is 1. The van der Waals surface area contributed by atoms with Crippen LogP contribution in [-0.4, -0.2) is 54.4 Å². The molecule has 42 heavy (non-hydrogen) atoms. The molecule has 3 amide bonds. The molecule has 1 aliphatic heterocycles. The highest BCUT2D eigenvalue weighted by Gasteiger charge is 2.35. The predicted octanol–water partition coefficient (Wildman–Crippen LogP) is 4.35. The number of amides is 3. The van der Waals surface area contributed by atoms with Crippen LogP contribution in [0.25, 0.3) is 10.4 Å². The summed E-state index contributed by atoms with van der Waals surface area (Å²) in [5, 5.41) is 8.48. The average molecular weight is 593 g/mol. The number of benzene rings is 2. The third-order valence-corrected chi connectivity index (χ3v) is 8.00. The van der Waals surface area contributed by atoms with Crippen molar-refractivity contribution in [1.29, 1.82) is 0 Å². The lowest BCUT2D eigenvalue weighted by Crippen LogP contribution is -2.52. The van der Waals surface area contributed by atoms with Crippen molar-refractivity contribution in [1.82, 2.24) is 20.9 Å². The zero-order chi connectivity index (χ0) is 30.1. The molecular formula is C31H36N4O6S. The molecule has 0 radical (unpaired) electrons. The summed E-state index contributed by atoms with van der Waals surface area (Å²) in [6.45, 7) is 4.43. The molecule has 0 aliphatic carbocycles. The fraction of sp³-hybridized carbons (Fsp3) is 0.387. The highest BCUT2D eigenvalue weighted by molar-refractivity contribution is 7.17. The lowest BCUT2D eigenvalue weighted by atomic mass is 9.95. The molecule has 3 N–H and O–H groups in total. The van der Waals surface area contributed by atoms with E-state index >= 15 is 0 Å². The maximum Gasteiger partial charge on any atom is 0.408 e. The smallest absolute Gasteiger partial charge is 0.408 e. The number of hydrogen-bond acceptors (Lipinski definition) is 8. The Hall–Kier alpha value is -4.25. The first-order valence-corrected chi connectivity index (χ1v) is 14.7. The Morgan fingerprint density at radius 3 is 2.43 bits per heavy atom. The number of hydrogen-bond donors (Lipinski definition) is 3. The van der Waals surface area contributed by atoms with Crippen LogP contribution < -0.4 is 20.7 Å². The molecular weight excluding hydrogens is 556 g/mol. The molecule has 1 aliphatic rings. The van der Waals surface area contributed by atoms with Crippen molar-refractivity contribution in [3.8, 4) is 16.2 Å². The second-order valence-corrected chi connectivity index (χ2v) is 11.6. The van der Waals surface area contributed by atoms with Crippen LogP contribution in [0.4, 0.5) is 4.79 Å². The van der Waals surface area contributed by atoms with E-state index in [2.05, 4.69) is 20.9 Å². The minimum absolute atomic E-state index is 0.0567. The highest BCUT2D eigenvalue weighted by Crippen LogP contribution is 2.29. The van der Waals surface area contributed by atoms with E-state index < -0.39 is 30.0 Å². The molecule has 0 spiro atoms. The Balaban J connectivity index is 1.48. The van der Waals surface area contributed by atoms with Crippen molar-refractivity contribution < 1.29 is 28.7 Å². The first-order valence-electron chi connectivity index (χ1n) is 13.9. The molecule has 0 saturated carbocycles. The summed E-state index contributed by atoms with van der Waals surface area (Å²) in [6, 6.07) is 14.7. The lowest BCUT2D eigenvalue weighted by Gasteiger charge is -2.24. The largest absolute Gasteiger partial charge is 0.497 e. The molecule has 0 bridgehead atoms. The minimum atomic E-state index is -1.00. The van der Waals surface area contributed by atoms with Gasteiger partial charge in [0.1, 0.15) is 18.4 Å². The number of ketones is 1. The number of alkyl carbamates (subject to hydrolysis) is 1. The van der Waals surface area contributed by atoms with Gasteiger partial charge in [-0.15, -0.1) is 11.3 Å². The summed E-state index contributed by atoms with van der Waals surface area (Å²) in [5.74, 6) is -0.706. The summed E-state index contributed by atoms with van der Waals surface area (Å²) in [4.78, 5) is 57.3. The van der Waals surface area contributed by atoms with Gasteiger partial charge in [-0.3, -0.25) is 14.4 Å². The standard InChI is InChI=1S/C31H36N4O6S/c1-19(2)15-25(35-31(39)41-18-20-7-5-4-6-8-20)29(38)34-24(16-22-13-14-32-28(22)37)27(36)30-33-17-26(42-30)21-9-11-23(40-3)12-10-21/h4-12,17,19,22,24-25H,13-16,18H2,1-3H3,(H,32,37)(H,34,38)(H,35,39)/t22-,24-,25-/m0/s1. The second-order valence-electron chi connectivity index (χ2n) is 10.6. The van der Waals surface area contributed by atoms with Crippen LogP contribution >= 0.6 is 11.3 Å². The topological polar surface area (TPSA) is 136 Å². The van der Waals surface area contributed by atoms with E-state index in [1.807, 2.05) is 68.4 Å². The van der Waals surface area contributed by atoms with E-state index in [-0.39, 0.29) is 35.6 Å². The van der Waals surface area contributed by atoms with Gasteiger partial charge in [0, 0.05) is 18.7 Å². The Morgan fingerprint density at radius 1 is 1.05 bits per heavy atom. The summed E-state index contributed by atoms with van der Waals surface area (Å²) < 4.78 is 10.5. The van der Waals surface area contributed by atoms with E-state index in [0.29, 0.717) is 25.1 Å². The molecule has 3 atom stereocenters. The molecule has 11 heteroatoms. The first kappa shape index (κ1) is 30.7. The Kier molecular flexibility index (Phi) is 10.7.